The third kappa shape index (κ3) is 5.71. The number of hydrogen-bond acceptors (Lipinski definition) is 5. The van der Waals surface area contributed by atoms with Gasteiger partial charge < -0.3 is 9.47 Å². The van der Waals surface area contributed by atoms with E-state index in [1.807, 2.05) is 79.7 Å². The minimum Gasteiger partial charge on any atom is -0.494 e. The van der Waals surface area contributed by atoms with Crippen LogP contribution < -0.4 is 14.4 Å². The first-order valence-electron chi connectivity index (χ1n) is 11.3. The second kappa shape index (κ2) is 11.0. The molecule has 0 aliphatic rings. The molecule has 0 fully saturated rings. The molecule has 4 rings (SSSR count). The predicted octanol–water partition coefficient (Wildman–Crippen LogP) is 6.72. The molecule has 3 aromatic carbocycles. The maximum atomic E-state index is 13.6. The fraction of sp³-hybridized carbons (Fsp3) is 0.259. The van der Waals surface area contributed by atoms with Gasteiger partial charge in [-0.05, 0) is 61.4 Å². The lowest BCUT2D eigenvalue weighted by molar-refractivity contribution is 0.0985. The second-order valence-electron chi connectivity index (χ2n) is 7.66. The van der Waals surface area contributed by atoms with Crippen LogP contribution in [0.5, 0.6) is 11.5 Å². The van der Waals surface area contributed by atoms with Crippen LogP contribution in [0.15, 0.2) is 72.8 Å². The van der Waals surface area contributed by atoms with Gasteiger partial charge in [-0.1, -0.05) is 55.0 Å². The standard InChI is InChI=1S/C27H28N2O3S/c1-3-5-17-32-22-13-11-21(12-14-22)26(30)29(19-20-9-7-6-8-10-20)27-28-24-16-15-23(31-4-2)18-25(24)33-27/h6-16,18H,3-5,17,19H2,1-2H3. The molecule has 6 heteroatoms. The number of thiazole rings is 1. The average Bonchev–Trinajstić information content (AvgIpc) is 3.27. The van der Waals surface area contributed by atoms with E-state index < -0.39 is 0 Å². The van der Waals surface area contributed by atoms with Crippen LogP contribution in [0.2, 0.25) is 0 Å². The molecule has 1 heterocycles. The van der Waals surface area contributed by atoms with Gasteiger partial charge in [-0.2, -0.15) is 0 Å². The van der Waals surface area contributed by atoms with Gasteiger partial charge in [0.1, 0.15) is 11.5 Å². The van der Waals surface area contributed by atoms with Gasteiger partial charge in [0, 0.05) is 5.56 Å². The Morgan fingerprint density at radius 1 is 0.939 bits per heavy atom. The van der Waals surface area contributed by atoms with E-state index in [4.69, 9.17) is 14.5 Å². The van der Waals surface area contributed by atoms with Crippen LogP contribution in [0.1, 0.15) is 42.6 Å². The van der Waals surface area contributed by atoms with Crippen LogP contribution in [-0.2, 0) is 6.54 Å². The number of rotatable bonds is 10. The molecule has 1 amide bonds. The molecule has 5 nitrogen and oxygen atoms in total. The normalized spacial score (nSPS) is 10.8. The maximum Gasteiger partial charge on any atom is 0.260 e. The Morgan fingerprint density at radius 2 is 1.70 bits per heavy atom. The van der Waals surface area contributed by atoms with Crippen molar-refractivity contribution in [2.24, 2.45) is 0 Å². The summed E-state index contributed by atoms with van der Waals surface area (Å²) in [4.78, 5) is 20.1. The molecular weight excluding hydrogens is 432 g/mol. The fourth-order valence-corrected chi connectivity index (χ4v) is 4.43. The van der Waals surface area contributed by atoms with Gasteiger partial charge in [0.25, 0.3) is 5.91 Å². The molecular formula is C27H28N2O3S. The number of amides is 1. The minimum absolute atomic E-state index is 0.0944. The summed E-state index contributed by atoms with van der Waals surface area (Å²) in [6, 6.07) is 23.2. The van der Waals surface area contributed by atoms with Crippen molar-refractivity contribution in [3.8, 4) is 11.5 Å². The van der Waals surface area contributed by atoms with Crippen molar-refractivity contribution in [3.05, 3.63) is 83.9 Å². The fourth-order valence-electron chi connectivity index (χ4n) is 3.44. The van der Waals surface area contributed by atoms with Crippen molar-refractivity contribution < 1.29 is 14.3 Å². The number of benzene rings is 3. The van der Waals surface area contributed by atoms with Crippen LogP contribution in [0, 0.1) is 0 Å². The first-order chi connectivity index (χ1) is 16.2. The number of carbonyl (C=O) groups excluding carboxylic acids is 1. The number of ether oxygens (including phenoxy) is 2. The highest BCUT2D eigenvalue weighted by Gasteiger charge is 2.22. The quantitative estimate of drug-likeness (QED) is 0.247. The lowest BCUT2D eigenvalue weighted by atomic mass is 10.1. The highest BCUT2D eigenvalue weighted by molar-refractivity contribution is 7.22. The SMILES string of the molecule is CCCCOc1ccc(C(=O)N(Cc2ccccc2)c2nc3ccc(OCC)cc3s2)cc1. The van der Waals surface area contributed by atoms with E-state index in [0.717, 1.165) is 40.1 Å². The predicted molar refractivity (Wildman–Crippen MR) is 135 cm³/mol. The van der Waals surface area contributed by atoms with Crippen molar-refractivity contribution in [1.29, 1.82) is 0 Å². The average molecular weight is 461 g/mol. The molecule has 0 radical (unpaired) electrons. The molecule has 33 heavy (non-hydrogen) atoms. The van der Waals surface area contributed by atoms with Gasteiger partial charge in [-0.15, -0.1) is 0 Å². The summed E-state index contributed by atoms with van der Waals surface area (Å²) in [5.74, 6) is 1.49. The Morgan fingerprint density at radius 3 is 2.42 bits per heavy atom. The number of unbranched alkanes of at least 4 members (excludes halogenated alkanes) is 1. The molecule has 170 valence electrons. The monoisotopic (exact) mass is 460 g/mol. The Labute approximate surface area is 198 Å². The first-order valence-corrected chi connectivity index (χ1v) is 12.1. The van der Waals surface area contributed by atoms with Gasteiger partial charge in [0.15, 0.2) is 5.13 Å². The van der Waals surface area contributed by atoms with E-state index in [1.165, 1.54) is 11.3 Å². The lowest BCUT2D eigenvalue weighted by Gasteiger charge is -2.20. The van der Waals surface area contributed by atoms with E-state index in [-0.39, 0.29) is 5.91 Å². The van der Waals surface area contributed by atoms with Gasteiger partial charge in [0.2, 0.25) is 0 Å². The first kappa shape index (κ1) is 22.8. The molecule has 0 spiro atoms. The van der Waals surface area contributed by atoms with Gasteiger partial charge in [-0.25, -0.2) is 4.98 Å². The smallest absolute Gasteiger partial charge is 0.260 e. The van der Waals surface area contributed by atoms with Crippen molar-refractivity contribution >= 4 is 32.6 Å². The van der Waals surface area contributed by atoms with Crippen LogP contribution in [0.4, 0.5) is 5.13 Å². The maximum absolute atomic E-state index is 13.6. The van der Waals surface area contributed by atoms with Crippen molar-refractivity contribution in [1.82, 2.24) is 4.98 Å². The molecule has 4 aromatic rings. The molecule has 0 N–H and O–H groups in total. The van der Waals surface area contributed by atoms with Crippen LogP contribution in [0.3, 0.4) is 0 Å². The molecule has 0 aliphatic carbocycles. The molecule has 0 aliphatic heterocycles. The van der Waals surface area contributed by atoms with Crippen molar-refractivity contribution in [3.63, 3.8) is 0 Å². The van der Waals surface area contributed by atoms with E-state index in [9.17, 15) is 4.79 Å². The number of carbonyl (C=O) groups is 1. The number of hydrogen-bond donors (Lipinski definition) is 0. The zero-order valence-corrected chi connectivity index (χ0v) is 19.8. The van der Waals surface area contributed by atoms with Gasteiger partial charge in [0.05, 0.1) is 30.0 Å². The van der Waals surface area contributed by atoms with Crippen molar-refractivity contribution in [2.75, 3.05) is 18.1 Å². The highest BCUT2D eigenvalue weighted by Crippen LogP contribution is 2.33. The van der Waals surface area contributed by atoms with E-state index in [1.54, 1.807) is 4.90 Å². The van der Waals surface area contributed by atoms with E-state index in [2.05, 4.69) is 6.92 Å². The summed E-state index contributed by atoms with van der Waals surface area (Å²) in [7, 11) is 0. The zero-order chi connectivity index (χ0) is 23.0. The van der Waals surface area contributed by atoms with E-state index >= 15 is 0 Å². The molecule has 0 saturated heterocycles. The molecule has 0 saturated carbocycles. The van der Waals surface area contributed by atoms with Crippen molar-refractivity contribution in [2.45, 2.75) is 33.2 Å². The summed E-state index contributed by atoms with van der Waals surface area (Å²) in [5.41, 5.74) is 2.49. The Bertz CT molecular complexity index is 1190. The van der Waals surface area contributed by atoms with Gasteiger partial charge >= 0.3 is 0 Å². The Kier molecular flexibility index (Phi) is 7.58. The summed E-state index contributed by atoms with van der Waals surface area (Å²) in [6.45, 7) is 5.81. The Balaban J connectivity index is 1.63. The molecule has 0 atom stereocenters. The molecule has 0 bridgehead atoms. The zero-order valence-electron chi connectivity index (χ0n) is 19.0. The van der Waals surface area contributed by atoms with Gasteiger partial charge in [-0.3, -0.25) is 9.69 Å². The van der Waals surface area contributed by atoms with Crippen LogP contribution in [0.25, 0.3) is 10.2 Å². The number of nitrogens with zero attached hydrogens (tertiary/aromatic N) is 2. The molecule has 1 aromatic heterocycles. The summed E-state index contributed by atoms with van der Waals surface area (Å²) < 4.78 is 12.4. The third-order valence-corrected chi connectivity index (χ3v) is 6.23. The largest absolute Gasteiger partial charge is 0.494 e. The minimum atomic E-state index is -0.0944. The number of anilines is 1. The summed E-state index contributed by atoms with van der Waals surface area (Å²) in [5, 5.41) is 0.663. The summed E-state index contributed by atoms with van der Waals surface area (Å²) in [6.07, 6.45) is 2.09. The lowest BCUT2D eigenvalue weighted by Crippen LogP contribution is -2.30. The van der Waals surface area contributed by atoms with Crippen LogP contribution >= 0.6 is 11.3 Å². The van der Waals surface area contributed by atoms with Crippen LogP contribution in [-0.4, -0.2) is 24.1 Å². The topological polar surface area (TPSA) is 51.7 Å². The summed E-state index contributed by atoms with van der Waals surface area (Å²) >= 11 is 1.49. The molecule has 0 unspecified atom stereocenters. The number of fused-ring (bicyclic) bond motifs is 1. The third-order valence-electron chi connectivity index (χ3n) is 5.19. The van der Waals surface area contributed by atoms with E-state index in [0.29, 0.717) is 30.5 Å². The Hall–Kier alpha value is -3.38. The number of aromatic nitrogens is 1. The second-order valence-corrected chi connectivity index (χ2v) is 8.67. The highest BCUT2D eigenvalue weighted by atomic mass is 32.1.